The number of ether oxygens (including phenoxy) is 1. The summed E-state index contributed by atoms with van der Waals surface area (Å²) in [5.41, 5.74) is 6.70. The Morgan fingerprint density at radius 3 is 2.19 bits per heavy atom. The number of carbonyl (C=O) groups is 1. The molecule has 1 aromatic carbocycles. The minimum atomic E-state index is -1.09. The van der Waals surface area contributed by atoms with Gasteiger partial charge in [-0.2, -0.15) is 0 Å². The van der Waals surface area contributed by atoms with Gasteiger partial charge in [-0.05, 0) is 63.1 Å². The Morgan fingerprint density at radius 2 is 1.77 bits per heavy atom. The zero-order valence-corrected chi connectivity index (χ0v) is 17.9. The van der Waals surface area contributed by atoms with E-state index in [1.165, 1.54) is 0 Å². The molecule has 0 saturated carbocycles. The molecule has 3 N–H and O–H groups in total. The van der Waals surface area contributed by atoms with Crippen molar-refractivity contribution in [3.05, 3.63) is 34.3 Å². The van der Waals surface area contributed by atoms with Crippen molar-refractivity contribution < 1.29 is 14.6 Å². The van der Waals surface area contributed by atoms with E-state index in [2.05, 4.69) is 20.8 Å². The second-order valence-corrected chi connectivity index (χ2v) is 9.83. The van der Waals surface area contributed by atoms with Gasteiger partial charge in [-0.25, -0.2) is 0 Å². The molecular formula is C21H34ClNO3. The van der Waals surface area contributed by atoms with Gasteiger partial charge in [-0.1, -0.05) is 44.5 Å². The molecule has 0 amide bonds. The van der Waals surface area contributed by atoms with Crippen molar-refractivity contribution in [3.8, 4) is 0 Å². The Morgan fingerprint density at radius 1 is 1.19 bits per heavy atom. The van der Waals surface area contributed by atoms with E-state index in [1.807, 2.05) is 12.1 Å². The smallest absolute Gasteiger partial charge is 0.314 e. The van der Waals surface area contributed by atoms with Crippen molar-refractivity contribution in [2.24, 2.45) is 17.1 Å². The predicted octanol–water partition coefficient (Wildman–Crippen LogP) is 4.44. The Balaban J connectivity index is 3.07. The average molecular weight is 384 g/mol. The summed E-state index contributed by atoms with van der Waals surface area (Å²) >= 11 is 6.46. The van der Waals surface area contributed by atoms with E-state index in [9.17, 15) is 9.90 Å². The third-order valence-corrected chi connectivity index (χ3v) is 4.77. The largest absolute Gasteiger partial charge is 0.460 e. The number of rotatable bonds is 6. The topological polar surface area (TPSA) is 72.5 Å². The van der Waals surface area contributed by atoms with E-state index in [-0.39, 0.29) is 5.41 Å². The lowest BCUT2D eigenvalue weighted by Gasteiger charge is -2.34. The minimum Gasteiger partial charge on any atom is -0.460 e. The molecule has 0 bridgehead atoms. The van der Waals surface area contributed by atoms with Gasteiger partial charge in [-0.3, -0.25) is 4.79 Å². The highest BCUT2D eigenvalue weighted by molar-refractivity contribution is 6.31. The van der Waals surface area contributed by atoms with Gasteiger partial charge in [0.25, 0.3) is 0 Å². The number of esters is 1. The maximum Gasteiger partial charge on any atom is 0.314 e. The highest BCUT2D eigenvalue weighted by Crippen LogP contribution is 2.33. The fraction of sp³-hybridized carbons (Fsp3) is 0.667. The van der Waals surface area contributed by atoms with Crippen molar-refractivity contribution in [1.82, 2.24) is 0 Å². The second-order valence-electron chi connectivity index (χ2n) is 9.42. The summed E-state index contributed by atoms with van der Waals surface area (Å²) in [6.07, 6.45) is 1.89. The van der Waals surface area contributed by atoms with Gasteiger partial charge >= 0.3 is 5.97 Å². The van der Waals surface area contributed by atoms with Gasteiger partial charge in [0.15, 0.2) is 0 Å². The number of aliphatic hydroxyl groups excluding tert-OH is 1. The van der Waals surface area contributed by atoms with Crippen molar-refractivity contribution in [2.45, 2.75) is 72.4 Å². The lowest BCUT2D eigenvalue weighted by Crippen LogP contribution is -2.48. The van der Waals surface area contributed by atoms with Gasteiger partial charge in [-0.15, -0.1) is 0 Å². The van der Waals surface area contributed by atoms with Gasteiger partial charge in [0.05, 0.1) is 12.1 Å². The first kappa shape index (κ1) is 22.9. The molecule has 1 rings (SSSR count). The molecule has 0 aliphatic heterocycles. The molecule has 148 valence electrons. The van der Waals surface area contributed by atoms with Gasteiger partial charge < -0.3 is 15.6 Å². The summed E-state index contributed by atoms with van der Waals surface area (Å²) in [6.45, 7) is 13.3. The molecule has 2 atom stereocenters. The fourth-order valence-electron chi connectivity index (χ4n) is 2.68. The van der Waals surface area contributed by atoms with Crippen LogP contribution in [0.4, 0.5) is 0 Å². The van der Waals surface area contributed by atoms with Gasteiger partial charge in [0.2, 0.25) is 0 Å². The lowest BCUT2D eigenvalue weighted by atomic mass is 9.80. The standard InChI is InChI=1S/C21H34ClNO3/c1-19(2,3)11-10-14-8-9-15(12-17(14)22)21(7,23)16(13-24)18(25)26-20(4,5)6/h8-9,12,16,24H,10-11,13,23H2,1-7H3/t16?,21-/m0/s1. The van der Waals surface area contributed by atoms with Crippen LogP contribution in [-0.2, 0) is 21.5 Å². The van der Waals surface area contributed by atoms with Gasteiger partial charge in [0.1, 0.15) is 11.5 Å². The molecule has 0 aliphatic carbocycles. The zero-order chi connectivity index (χ0) is 20.3. The molecule has 0 aliphatic rings. The van der Waals surface area contributed by atoms with Crippen LogP contribution >= 0.6 is 11.6 Å². The first-order valence-electron chi connectivity index (χ1n) is 9.09. The number of halogens is 1. The molecule has 1 aromatic rings. The van der Waals surface area contributed by atoms with Crippen LogP contribution < -0.4 is 5.73 Å². The molecule has 0 radical (unpaired) electrons. The molecule has 0 aromatic heterocycles. The molecule has 1 unspecified atom stereocenters. The Kier molecular flexibility index (Phi) is 7.31. The SMILES string of the molecule is CC(C)(C)CCc1ccc([C@](C)(N)C(CO)C(=O)OC(C)(C)C)cc1Cl. The van der Waals surface area contributed by atoms with E-state index in [4.69, 9.17) is 22.1 Å². The van der Waals surface area contributed by atoms with Crippen molar-refractivity contribution >= 4 is 17.6 Å². The van der Waals surface area contributed by atoms with Crippen LogP contribution in [0, 0.1) is 11.3 Å². The van der Waals surface area contributed by atoms with E-state index >= 15 is 0 Å². The monoisotopic (exact) mass is 383 g/mol. The van der Waals surface area contributed by atoms with E-state index in [1.54, 1.807) is 33.8 Å². The number of aryl methyl sites for hydroxylation is 1. The predicted molar refractivity (Wildman–Crippen MR) is 107 cm³/mol. The van der Waals surface area contributed by atoms with Crippen LogP contribution in [0.25, 0.3) is 0 Å². The Hall–Kier alpha value is -1.10. The summed E-state index contributed by atoms with van der Waals surface area (Å²) < 4.78 is 5.42. The Labute approximate surface area is 163 Å². The highest BCUT2D eigenvalue weighted by atomic mass is 35.5. The normalized spacial score (nSPS) is 16.1. The average Bonchev–Trinajstić information content (AvgIpc) is 2.43. The summed E-state index contributed by atoms with van der Waals surface area (Å²) in [6, 6.07) is 5.64. The third-order valence-electron chi connectivity index (χ3n) is 4.42. The maximum absolute atomic E-state index is 12.5. The first-order chi connectivity index (χ1) is 11.7. The number of nitrogens with two attached hydrogens (primary N) is 1. The summed E-state index contributed by atoms with van der Waals surface area (Å²) in [4.78, 5) is 12.5. The van der Waals surface area contributed by atoms with Crippen LogP contribution in [0.3, 0.4) is 0 Å². The highest BCUT2D eigenvalue weighted by Gasteiger charge is 2.39. The Bertz CT molecular complexity index is 627. The quantitative estimate of drug-likeness (QED) is 0.712. The van der Waals surface area contributed by atoms with Crippen molar-refractivity contribution in [1.29, 1.82) is 0 Å². The molecule has 0 heterocycles. The number of benzene rings is 1. The van der Waals surface area contributed by atoms with Gasteiger partial charge in [0, 0.05) is 5.02 Å². The van der Waals surface area contributed by atoms with Crippen LogP contribution in [0.15, 0.2) is 18.2 Å². The lowest BCUT2D eigenvalue weighted by molar-refractivity contribution is -0.164. The molecule has 0 spiro atoms. The molecule has 5 heteroatoms. The third kappa shape index (κ3) is 6.57. The summed E-state index contributed by atoms with van der Waals surface area (Å²) in [7, 11) is 0. The molecular weight excluding hydrogens is 350 g/mol. The molecule has 0 saturated heterocycles. The van der Waals surface area contributed by atoms with Crippen LogP contribution in [-0.4, -0.2) is 23.3 Å². The maximum atomic E-state index is 12.5. The van der Waals surface area contributed by atoms with E-state index < -0.39 is 29.6 Å². The number of hydrogen-bond acceptors (Lipinski definition) is 4. The summed E-state index contributed by atoms with van der Waals surface area (Å²) in [5.74, 6) is -1.39. The molecule has 26 heavy (non-hydrogen) atoms. The van der Waals surface area contributed by atoms with E-state index in [0.29, 0.717) is 10.6 Å². The zero-order valence-electron chi connectivity index (χ0n) is 17.1. The number of carbonyl (C=O) groups excluding carboxylic acids is 1. The fourth-order valence-corrected chi connectivity index (χ4v) is 2.95. The number of aliphatic hydroxyl groups is 1. The van der Waals surface area contributed by atoms with Crippen molar-refractivity contribution in [3.63, 3.8) is 0 Å². The van der Waals surface area contributed by atoms with Crippen molar-refractivity contribution in [2.75, 3.05) is 6.61 Å². The molecule has 4 nitrogen and oxygen atoms in total. The van der Waals surface area contributed by atoms with E-state index in [0.717, 1.165) is 18.4 Å². The second kappa shape index (κ2) is 8.28. The first-order valence-corrected chi connectivity index (χ1v) is 9.46. The minimum absolute atomic E-state index is 0.225. The van der Waals surface area contributed by atoms with Crippen LogP contribution in [0.5, 0.6) is 0 Å². The molecule has 0 fully saturated rings. The van der Waals surface area contributed by atoms with Crippen LogP contribution in [0.1, 0.15) is 66.0 Å². The number of hydrogen-bond donors (Lipinski definition) is 2. The van der Waals surface area contributed by atoms with Crippen LogP contribution in [0.2, 0.25) is 5.02 Å². The summed E-state index contributed by atoms with van der Waals surface area (Å²) in [5, 5.41) is 10.4.